The number of hydrogen-bond donors (Lipinski definition) is 2. The summed E-state index contributed by atoms with van der Waals surface area (Å²) in [6, 6.07) is 7.07. The van der Waals surface area contributed by atoms with Gasteiger partial charge in [-0.25, -0.2) is 9.97 Å². The number of anilines is 3. The normalized spacial score (nSPS) is 18.7. The van der Waals surface area contributed by atoms with E-state index in [1.165, 1.54) is 31.6 Å². The van der Waals surface area contributed by atoms with E-state index in [2.05, 4.69) is 48.6 Å². The molecule has 0 saturated carbocycles. The summed E-state index contributed by atoms with van der Waals surface area (Å²) < 4.78 is 5.66. The molecule has 1 aromatic heterocycles. The van der Waals surface area contributed by atoms with Crippen LogP contribution < -0.4 is 20.3 Å². The van der Waals surface area contributed by atoms with Crippen molar-refractivity contribution in [3.8, 4) is 5.75 Å². The van der Waals surface area contributed by atoms with Gasteiger partial charge in [-0.15, -0.1) is 0 Å². The van der Waals surface area contributed by atoms with Crippen LogP contribution in [0.25, 0.3) is 0 Å². The Bertz CT molecular complexity index is 828. The van der Waals surface area contributed by atoms with Crippen LogP contribution in [-0.4, -0.2) is 67.3 Å². The van der Waals surface area contributed by atoms with E-state index in [9.17, 15) is 0 Å². The Morgan fingerprint density at radius 3 is 2.55 bits per heavy atom. The molecule has 0 spiro atoms. The number of ether oxygens (including phenoxy) is 1. The van der Waals surface area contributed by atoms with Gasteiger partial charge in [0.25, 0.3) is 0 Å². The number of aromatic nitrogens is 2. The first-order valence-electron chi connectivity index (χ1n) is 10.6. The summed E-state index contributed by atoms with van der Waals surface area (Å²) in [5.41, 5.74) is 4.16. The fourth-order valence-electron chi connectivity index (χ4n) is 4.22. The molecule has 2 N–H and O–H groups in total. The average molecular weight is 397 g/mol. The smallest absolute Gasteiger partial charge is 0.227 e. The Morgan fingerprint density at radius 2 is 1.86 bits per heavy atom. The van der Waals surface area contributed by atoms with Gasteiger partial charge in [-0.3, -0.25) is 4.90 Å². The average Bonchev–Trinajstić information content (AvgIpc) is 2.77. The summed E-state index contributed by atoms with van der Waals surface area (Å²) in [6.07, 6.45) is 4.28. The summed E-state index contributed by atoms with van der Waals surface area (Å²) in [5.74, 6) is 1.41. The van der Waals surface area contributed by atoms with E-state index in [1.54, 1.807) is 7.11 Å². The van der Waals surface area contributed by atoms with Crippen LogP contribution in [-0.2, 0) is 0 Å². The fraction of sp³-hybridized carbons (Fsp3) is 0.545. The summed E-state index contributed by atoms with van der Waals surface area (Å²) in [7, 11) is 1.71. The van der Waals surface area contributed by atoms with Crippen LogP contribution in [0.5, 0.6) is 5.75 Å². The Labute approximate surface area is 173 Å². The van der Waals surface area contributed by atoms with Crippen LogP contribution in [0, 0.1) is 13.8 Å². The molecule has 7 nitrogen and oxygen atoms in total. The zero-order chi connectivity index (χ0) is 20.2. The molecule has 3 heterocycles. The van der Waals surface area contributed by atoms with Crippen molar-refractivity contribution in [2.75, 3.05) is 56.6 Å². The molecule has 0 atom stereocenters. The lowest BCUT2D eigenvalue weighted by Crippen LogP contribution is -2.52. The topological polar surface area (TPSA) is 65.6 Å². The van der Waals surface area contributed by atoms with E-state index in [4.69, 9.17) is 4.74 Å². The molecule has 2 aromatic rings. The molecule has 156 valence electrons. The second kappa shape index (κ2) is 8.97. The minimum atomic E-state index is 0.594. The summed E-state index contributed by atoms with van der Waals surface area (Å²) in [6.45, 7) is 10.8. The van der Waals surface area contributed by atoms with E-state index < -0.39 is 0 Å². The standard InChI is InChI=1S/C22H32N6O/c1-16-15-24-22(25-17(16)2)26-20-5-4-19(14-21(20)29-3)27-10-6-18(7-11-27)28-12-8-23-9-13-28/h4-5,14-15,18,23H,6-13H2,1-3H3,(H,24,25,26). The number of piperazine rings is 1. The lowest BCUT2D eigenvalue weighted by atomic mass is 10.0. The number of aryl methyl sites for hydroxylation is 2. The highest BCUT2D eigenvalue weighted by molar-refractivity contribution is 5.68. The molecule has 4 rings (SSSR count). The highest BCUT2D eigenvalue weighted by Gasteiger charge is 2.26. The van der Waals surface area contributed by atoms with Gasteiger partial charge in [0.15, 0.2) is 0 Å². The molecule has 2 fully saturated rings. The quantitative estimate of drug-likeness (QED) is 0.806. The summed E-state index contributed by atoms with van der Waals surface area (Å²) >= 11 is 0. The molecule has 0 bridgehead atoms. The summed E-state index contributed by atoms with van der Waals surface area (Å²) in [5, 5.41) is 6.74. The lowest BCUT2D eigenvalue weighted by Gasteiger charge is -2.41. The zero-order valence-electron chi connectivity index (χ0n) is 17.7. The van der Waals surface area contributed by atoms with E-state index in [0.717, 1.165) is 54.9 Å². The van der Waals surface area contributed by atoms with Gasteiger partial charge < -0.3 is 20.3 Å². The number of hydrogen-bond acceptors (Lipinski definition) is 7. The molecule has 0 amide bonds. The van der Waals surface area contributed by atoms with Crippen molar-refractivity contribution >= 4 is 17.3 Å². The molecule has 29 heavy (non-hydrogen) atoms. The minimum Gasteiger partial charge on any atom is -0.494 e. The minimum absolute atomic E-state index is 0.594. The molecule has 2 aliphatic rings. The third kappa shape index (κ3) is 4.62. The maximum Gasteiger partial charge on any atom is 0.227 e. The van der Waals surface area contributed by atoms with Crippen molar-refractivity contribution in [2.24, 2.45) is 0 Å². The molecule has 2 aliphatic heterocycles. The first kappa shape index (κ1) is 19.9. The number of methoxy groups -OCH3 is 1. The number of nitrogens with zero attached hydrogens (tertiary/aromatic N) is 4. The largest absolute Gasteiger partial charge is 0.494 e. The van der Waals surface area contributed by atoms with E-state index in [-0.39, 0.29) is 0 Å². The van der Waals surface area contributed by atoms with Crippen LogP contribution in [0.15, 0.2) is 24.4 Å². The van der Waals surface area contributed by atoms with Crippen molar-refractivity contribution < 1.29 is 4.74 Å². The molecule has 0 aliphatic carbocycles. The third-order valence-corrected chi connectivity index (χ3v) is 6.15. The van der Waals surface area contributed by atoms with Crippen LogP contribution in [0.2, 0.25) is 0 Å². The zero-order valence-corrected chi connectivity index (χ0v) is 17.7. The fourth-order valence-corrected chi connectivity index (χ4v) is 4.22. The third-order valence-electron chi connectivity index (χ3n) is 6.15. The maximum atomic E-state index is 5.66. The number of benzene rings is 1. The van der Waals surface area contributed by atoms with Gasteiger partial charge in [-0.2, -0.15) is 0 Å². The Kier molecular flexibility index (Phi) is 6.16. The number of piperidine rings is 1. The van der Waals surface area contributed by atoms with Crippen molar-refractivity contribution in [1.29, 1.82) is 0 Å². The van der Waals surface area contributed by atoms with Crippen molar-refractivity contribution in [3.63, 3.8) is 0 Å². The Hall–Kier alpha value is -2.38. The van der Waals surface area contributed by atoms with Gasteiger partial charge in [-0.1, -0.05) is 0 Å². The van der Waals surface area contributed by atoms with E-state index in [1.807, 2.05) is 20.0 Å². The number of nitrogens with one attached hydrogen (secondary N) is 2. The van der Waals surface area contributed by atoms with Gasteiger partial charge in [0.05, 0.1) is 12.8 Å². The van der Waals surface area contributed by atoms with Crippen LogP contribution in [0.4, 0.5) is 17.3 Å². The van der Waals surface area contributed by atoms with E-state index >= 15 is 0 Å². The molecule has 2 saturated heterocycles. The molecule has 7 heteroatoms. The van der Waals surface area contributed by atoms with Gasteiger partial charge in [0.2, 0.25) is 5.95 Å². The second-order valence-electron chi connectivity index (χ2n) is 7.98. The Morgan fingerprint density at radius 1 is 1.10 bits per heavy atom. The molecule has 0 radical (unpaired) electrons. The van der Waals surface area contributed by atoms with Crippen molar-refractivity contribution in [2.45, 2.75) is 32.7 Å². The van der Waals surface area contributed by atoms with Crippen LogP contribution >= 0.6 is 0 Å². The predicted molar refractivity (Wildman–Crippen MR) is 117 cm³/mol. The maximum absolute atomic E-state index is 5.66. The second-order valence-corrected chi connectivity index (χ2v) is 7.98. The van der Waals surface area contributed by atoms with Crippen molar-refractivity contribution in [1.82, 2.24) is 20.2 Å². The van der Waals surface area contributed by atoms with Gasteiger partial charge >= 0.3 is 0 Å². The van der Waals surface area contributed by atoms with Gasteiger partial charge in [-0.05, 0) is 44.4 Å². The molecule has 1 aromatic carbocycles. The SMILES string of the molecule is COc1cc(N2CCC(N3CCNCC3)CC2)ccc1Nc1ncc(C)c(C)n1. The van der Waals surface area contributed by atoms with Crippen LogP contribution in [0.3, 0.4) is 0 Å². The summed E-state index contributed by atoms with van der Waals surface area (Å²) in [4.78, 5) is 14.0. The lowest BCUT2D eigenvalue weighted by molar-refractivity contribution is 0.150. The number of rotatable bonds is 5. The predicted octanol–water partition coefficient (Wildman–Crippen LogP) is 2.72. The first-order chi connectivity index (χ1) is 14.1. The highest BCUT2D eigenvalue weighted by Crippen LogP contribution is 2.33. The first-order valence-corrected chi connectivity index (χ1v) is 10.6. The van der Waals surface area contributed by atoms with Crippen molar-refractivity contribution in [3.05, 3.63) is 35.7 Å². The molecule has 0 unspecified atom stereocenters. The highest BCUT2D eigenvalue weighted by atomic mass is 16.5. The Balaban J connectivity index is 1.42. The van der Waals surface area contributed by atoms with E-state index in [0.29, 0.717) is 5.95 Å². The molecular formula is C22H32N6O. The molecular weight excluding hydrogens is 364 g/mol. The van der Waals surface area contributed by atoms with Gasteiger partial charge in [0, 0.05) is 69.0 Å². The van der Waals surface area contributed by atoms with Crippen LogP contribution in [0.1, 0.15) is 24.1 Å². The monoisotopic (exact) mass is 396 g/mol. The van der Waals surface area contributed by atoms with Gasteiger partial charge in [0.1, 0.15) is 5.75 Å².